The number of hydrogen-bond acceptors (Lipinski definition) is 7. The lowest BCUT2D eigenvalue weighted by molar-refractivity contribution is -0.159. The van der Waals surface area contributed by atoms with Gasteiger partial charge >= 0.3 is 17.9 Å². The number of rotatable bonds is 14. The second kappa shape index (κ2) is 18.6. The standard InChI is InChI=1S/C16H28N2O4.C16H27NO5/c1-4-16(2,3)15(22)18-10-9-17-13(19)11-7-5-6-8-12(11)14(20)21;1-4-16(2,3)15(21)17-9-10-22-14(20)12-8-6-5-7-11(12)13(18)19/h11-12H,4-10H2,1-3H3,(H,17,19)(H,18,22)(H,20,21);11-12H,4-10H2,1-3H3,(H,17,21)(H,18,19). The molecule has 5 N–H and O–H groups in total. The Labute approximate surface area is 261 Å². The minimum absolute atomic E-state index is 0.0367. The van der Waals surface area contributed by atoms with Gasteiger partial charge in [-0.2, -0.15) is 0 Å². The molecule has 44 heavy (non-hydrogen) atoms. The van der Waals surface area contributed by atoms with Gasteiger partial charge in [0.25, 0.3) is 0 Å². The van der Waals surface area contributed by atoms with Gasteiger partial charge in [-0.3, -0.25) is 28.8 Å². The highest BCUT2D eigenvalue weighted by Crippen LogP contribution is 2.32. The molecule has 4 unspecified atom stereocenters. The smallest absolute Gasteiger partial charge is 0.309 e. The fraction of sp³-hybridized carbons (Fsp3) is 0.812. The summed E-state index contributed by atoms with van der Waals surface area (Å²) < 4.78 is 5.14. The van der Waals surface area contributed by atoms with E-state index < -0.39 is 52.4 Å². The third-order valence-electron chi connectivity index (χ3n) is 9.14. The van der Waals surface area contributed by atoms with E-state index in [0.29, 0.717) is 38.8 Å². The predicted molar refractivity (Wildman–Crippen MR) is 164 cm³/mol. The molecule has 0 radical (unpaired) electrons. The van der Waals surface area contributed by atoms with Gasteiger partial charge in [-0.25, -0.2) is 0 Å². The number of carboxylic acid groups (broad SMARTS) is 2. The maximum atomic E-state index is 12.1. The van der Waals surface area contributed by atoms with Gasteiger partial charge in [0.05, 0.1) is 30.2 Å². The number of carbonyl (C=O) groups is 6. The van der Waals surface area contributed by atoms with Crippen LogP contribution in [0.5, 0.6) is 0 Å². The molecule has 252 valence electrons. The summed E-state index contributed by atoms with van der Waals surface area (Å²) in [7, 11) is 0. The van der Waals surface area contributed by atoms with Crippen LogP contribution in [0.1, 0.15) is 106 Å². The molecule has 4 atom stereocenters. The molecule has 2 fully saturated rings. The summed E-state index contributed by atoms with van der Waals surface area (Å²) in [5.74, 6) is -4.84. The molecule has 3 amide bonds. The van der Waals surface area contributed by atoms with Gasteiger partial charge in [-0.15, -0.1) is 0 Å². The van der Waals surface area contributed by atoms with Gasteiger partial charge in [0.2, 0.25) is 17.7 Å². The monoisotopic (exact) mass is 625 g/mol. The number of nitrogens with one attached hydrogen (secondary N) is 3. The van der Waals surface area contributed by atoms with Crippen LogP contribution < -0.4 is 16.0 Å². The summed E-state index contributed by atoms with van der Waals surface area (Å²) in [5.41, 5.74) is -0.858. The number of carbonyl (C=O) groups excluding carboxylic acids is 4. The van der Waals surface area contributed by atoms with Crippen molar-refractivity contribution in [3.63, 3.8) is 0 Å². The fourth-order valence-corrected chi connectivity index (χ4v) is 5.16. The van der Waals surface area contributed by atoms with E-state index in [1.807, 2.05) is 41.5 Å². The van der Waals surface area contributed by atoms with Gasteiger partial charge in [-0.05, 0) is 38.5 Å². The molecule has 0 bridgehead atoms. The van der Waals surface area contributed by atoms with Crippen LogP contribution in [-0.2, 0) is 33.5 Å². The Hall–Kier alpha value is -3.18. The minimum Gasteiger partial charge on any atom is -0.481 e. The van der Waals surface area contributed by atoms with Crippen LogP contribution in [0.15, 0.2) is 0 Å². The fourth-order valence-electron chi connectivity index (χ4n) is 5.16. The molecular weight excluding hydrogens is 570 g/mol. The zero-order chi connectivity index (χ0) is 33.5. The number of aliphatic carboxylic acids is 2. The lowest BCUT2D eigenvalue weighted by Gasteiger charge is -2.27. The van der Waals surface area contributed by atoms with Gasteiger partial charge < -0.3 is 30.9 Å². The zero-order valence-corrected chi connectivity index (χ0v) is 27.5. The lowest BCUT2D eigenvalue weighted by atomic mass is 9.79. The maximum Gasteiger partial charge on any atom is 0.309 e. The first-order valence-corrected chi connectivity index (χ1v) is 16.1. The van der Waals surface area contributed by atoms with Crippen LogP contribution in [0.25, 0.3) is 0 Å². The van der Waals surface area contributed by atoms with Crippen molar-refractivity contribution in [1.82, 2.24) is 16.0 Å². The zero-order valence-electron chi connectivity index (χ0n) is 27.5. The molecule has 2 saturated carbocycles. The van der Waals surface area contributed by atoms with Crippen LogP contribution in [-0.4, -0.2) is 72.1 Å². The van der Waals surface area contributed by atoms with Gasteiger partial charge in [0.1, 0.15) is 6.61 Å². The van der Waals surface area contributed by atoms with Gasteiger partial charge in [0.15, 0.2) is 0 Å². The van der Waals surface area contributed by atoms with Gasteiger partial charge in [0, 0.05) is 23.9 Å². The maximum absolute atomic E-state index is 12.1. The number of carboxylic acids is 2. The van der Waals surface area contributed by atoms with Crippen molar-refractivity contribution in [3.8, 4) is 0 Å². The van der Waals surface area contributed by atoms with Crippen molar-refractivity contribution in [2.75, 3.05) is 26.2 Å². The third kappa shape index (κ3) is 12.4. The SMILES string of the molecule is CCC(C)(C)C(=O)NCCNC(=O)C1CCCCC1C(=O)O.CCC(C)(C)C(=O)NCCOC(=O)C1CCCCC1C(=O)O. The Kier molecular flexibility index (Phi) is 16.4. The van der Waals surface area contributed by atoms with E-state index in [9.17, 15) is 33.9 Å². The van der Waals surface area contributed by atoms with E-state index >= 15 is 0 Å². The first-order chi connectivity index (χ1) is 20.6. The Balaban J connectivity index is 0.000000440. The largest absolute Gasteiger partial charge is 0.481 e. The van der Waals surface area contributed by atoms with Crippen LogP contribution >= 0.6 is 0 Å². The van der Waals surface area contributed by atoms with Crippen LogP contribution in [0.2, 0.25) is 0 Å². The molecule has 2 aliphatic carbocycles. The van der Waals surface area contributed by atoms with Crippen molar-refractivity contribution < 1.29 is 43.7 Å². The van der Waals surface area contributed by atoms with Crippen molar-refractivity contribution >= 4 is 35.6 Å². The van der Waals surface area contributed by atoms with Crippen LogP contribution in [0.4, 0.5) is 0 Å². The molecule has 0 spiro atoms. The molecule has 2 aliphatic rings. The molecule has 0 aromatic rings. The van der Waals surface area contributed by atoms with Gasteiger partial charge in [-0.1, -0.05) is 67.2 Å². The topological polar surface area (TPSA) is 188 Å². The second-order valence-corrected chi connectivity index (χ2v) is 13.1. The highest BCUT2D eigenvalue weighted by molar-refractivity contribution is 5.85. The molecule has 0 aromatic heterocycles. The van der Waals surface area contributed by atoms with E-state index in [-0.39, 0.29) is 30.9 Å². The molecular formula is C32H55N3O9. The quantitative estimate of drug-likeness (QED) is 0.142. The molecule has 0 aromatic carbocycles. The summed E-state index contributed by atoms with van der Waals surface area (Å²) in [5, 5.41) is 26.6. The third-order valence-corrected chi connectivity index (χ3v) is 9.14. The number of amides is 3. The highest BCUT2D eigenvalue weighted by Gasteiger charge is 2.37. The Morgan fingerprint density at radius 2 is 1.00 bits per heavy atom. The molecule has 2 rings (SSSR count). The van der Waals surface area contributed by atoms with E-state index in [2.05, 4.69) is 16.0 Å². The summed E-state index contributed by atoms with van der Waals surface area (Å²) in [6, 6.07) is 0. The summed E-state index contributed by atoms with van der Waals surface area (Å²) in [4.78, 5) is 70.2. The van der Waals surface area contributed by atoms with Crippen molar-refractivity contribution in [2.45, 2.75) is 106 Å². The van der Waals surface area contributed by atoms with Crippen molar-refractivity contribution in [3.05, 3.63) is 0 Å². The van der Waals surface area contributed by atoms with E-state index in [0.717, 1.165) is 38.5 Å². The van der Waals surface area contributed by atoms with E-state index in [1.165, 1.54) is 0 Å². The Bertz CT molecular complexity index is 917. The first-order valence-electron chi connectivity index (χ1n) is 16.1. The number of ether oxygens (including phenoxy) is 1. The Morgan fingerprint density at radius 1 is 0.614 bits per heavy atom. The second-order valence-electron chi connectivity index (χ2n) is 13.1. The summed E-state index contributed by atoms with van der Waals surface area (Å²) >= 11 is 0. The first kappa shape index (κ1) is 38.8. The minimum atomic E-state index is -0.931. The van der Waals surface area contributed by atoms with Crippen molar-refractivity contribution in [1.29, 1.82) is 0 Å². The van der Waals surface area contributed by atoms with E-state index in [4.69, 9.17) is 9.84 Å². The van der Waals surface area contributed by atoms with Crippen LogP contribution in [0.3, 0.4) is 0 Å². The molecule has 0 aliphatic heterocycles. The molecule has 12 nitrogen and oxygen atoms in total. The van der Waals surface area contributed by atoms with Crippen LogP contribution in [0, 0.1) is 34.5 Å². The highest BCUT2D eigenvalue weighted by atomic mass is 16.5. The lowest BCUT2D eigenvalue weighted by Crippen LogP contribution is -2.44. The average molecular weight is 626 g/mol. The molecule has 0 saturated heterocycles. The number of esters is 1. The summed E-state index contributed by atoms with van der Waals surface area (Å²) in [6.07, 6.45) is 7.18. The molecule has 12 heteroatoms. The Morgan fingerprint density at radius 3 is 1.45 bits per heavy atom. The molecule has 0 heterocycles. The normalized spacial score (nSPS) is 22.0. The van der Waals surface area contributed by atoms with Crippen molar-refractivity contribution in [2.24, 2.45) is 34.5 Å². The summed E-state index contributed by atoms with van der Waals surface area (Å²) in [6.45, 7) is 12.4. The van der Waals surface area contributed by atoms with E-state index in [1.54, 1.807) is 0 Å². The number of hydrogen-bond donors (Lipinski definition) is 5. The average Bonchev–Trinajstić information content (AvgIpc) is 3.00. The predicted octanol–water partition coefficient (Wildman–Crippen LogP) is 3.52.